The van der Waals surface area contributed by atoms with Crippen molar-refractivity contribution in [3.63, 3.8) is 0 Å². The van der Waals surface area contributed by atoms with Crippen molar-refractivity contribution in [1.29, 1.82) is 0 Å². The molecule has 7 heteroatoms. The molecule has 20 heavy (non-hydrogen) atoms. The number of fused-ring (bicyclic) bond motifs is 1. The number of nitrogens with one attached hydrogen (secondary N) is 1. The molecule has 3 rings (SSSR count). The van der Waals surface area contributed by atoms with Crippen molar-refractivity contribution in [2.45, 2.75) is 32.2 Å². The summed E-state index contributed by atoms with van der Waals surface area (Å²) in [7, 11) is 0. The minimum absolute atomic E-state index is 0.0927. The monoisotopic (exact) mass is 310 g/mol. The molecule has 2 aromatic rings. The van der Waals surface area contributed by atoms with Gasteiger partial charge in [-0.1, -0.05) is 18.0 Å². The Bertz CT molecular complexity index is 673. The van der Waals surface area contributed by atoms with E-state index in [0.717, 1.165) is 36.5 Å². The van der Waals surface area contributed by atoms with Crippen molar-refractivity contribution in [2.24, 2.45) is 11.1 Å². The maximum Gasteiger partial charge on any atom is 0.231 e. The summed E-state index contributed by atoms with van der Waals surface area (Å²) < 4.78 is 8.35. The molecule has 5 nitrogen and oxygen atoms in total. The summed E-state index contributed by atoms with van der Waals surface area (Å²) in [5, 5.41) is 3.37. The molecule has 1 aromatic heterocycles. The molecule has 1 amide bonds. The van der Waals surface area contributed by atoms with Crippen molar-refractivity contribution in [3.05, 3.63) is 17.2 Å². The zero-order chi connectivity index (χ0) is 14.3. The summed E-state index contributed by atoms with van der Waals surface area (Å²) in [5.41, 5.74) is 7.43. The number of anilines is 1. The van der Waals surface area contributed by atoms with Gasteiger partial charge in [0.2, 0.25) is 5.91 Å². The molecule has 1 heterocycles. The van der Waals surface area contributed by atoms with Gasteiger partial charge in [0.05, 0.1) is 27.9 Å². The van der Waals surface area contributed by atoms with Crippen LogP contribution in [0.3, 0.4) is 0 Å². The predicted octanol–water partition coefficient (Wildman–Crippen LogP) is 2.80. The number of carbonyl (C=O) groups is 1. The number of amides is 1. The molecular formula is C13H15ClN4OS. The molecule has 1 fully saturated rings. The third-order valence-corrected chi connectivity index (χ3v) is 5.02. The first-order valence-corrected chi connectivity index (χ1v) is 7.61. The van der Waals surface area contributed by atoms with Crippen LogP contribution in [0.15, 0.2) is 12.1 Å². The van der Waals surface area contributed by atoms with Crippen LogP contribution in [0.5, 0.6) is 0 Å². The fraction of sp³-hybridized carbons (Fsp3) is 0.462. The topological polar surface area (TPSA) is 80.9 Å². The third-order valence-electron chi connectivity index (χ3n) is 4.16. The Labute approximate surface area is 125 Å². The molecule has 0 bridgehead atoms. The van der Waals surface area contributed by atoms with Crippen LogP contribution in [-0.2, 0) is 4.79 Å². The highest BCUT2D eigenvalue weighted by atomic mass is 35.5. The molecule has 1 aromatic carbocycles. The lowest BCUT2D eigenvalue weighted by Gasteiger charge is -2.27. The molecule has 1 saturated carbocycles. The molecule has 106 valence electrons. The van der Waals surface area contributed by atoms with E-state index in [0.29, 0.717) is 16.2 Å². The zero-order valence-corrected chi connectivity index (χ0v) is 12.6. The smallest absolute Gasteiger partial charge is 0.231 e. The quantitative estimate of drug-likeness (QED) is 0.893. The SMILES string of the molecule is CC1(C(=O)Nc2c(Cl)ccc3nsnc23)CCCC1N. The van der Waals surface area contributed by atoms with Crippen LogP contribution < -0.4 is 11.1 Å². The fourth-order valence-corrected chi connectivity index (χ4v) is 3.42. The van der Waals surface area contributed by atoms with Crippen LogP contribution in [0, 0.1) is 5.41 Å². The van der Waals surface area contributed by atoms with Gasteiger partial charge < -0.3 is 11.1 Å². The minimum Gasteiger partial charge on any atom is -0.327 e. The van der Waals surface area contributed by atoms with E-state index in [2.05, 4.69) is 14.1 Å². The summed E-state index contributed by atoms with van der Waals surface area (Å²) in [6.45, 7) is 1.91. The molecular weight excluding hydrogens is 296 g/mol. The summed E-state index contributed by atoms with van der Waals surface area (Å²) in [5.74, 6) is -0.0927. The lowest BCUT2D eigenvalue weighted by Crippen LogP contribution is -2.44. The Hall–Kier alpha value is -1.24. The highest BCUT2D eigenvalue weighted by Crippen LogP contribution is 2.39. The number of nitrogens with two attached hydrogens (primary N) is 1. The fourth-order valence-electron chi connectivity index (χ4n) is 2.68. The molecule has 0 aliphatic heterocycles. The Balaban J connectivity index is 1.95. The van der Waals surface area contributed by atoms with Gasteiger partial charge in [0, 0.05) is 6.04 Å². The molecule has 2 atom stereocenters. The lowest BCUT2D eigenvalue weighted by atomic mass is 9.84. The van der Waals surface area contributed by atoms with Crippen molar-refractivity contribution in [2.75, 3.05) is 5.32 Å². The second kappa shape index (κ2) is 4.95. The van der Waals surface area contributed by atoms with Crippen molar-refractivity contribution < 1.29 is 4.79 Å². The summed E-state index contributed by atoms with van der Waals surface area (Å²) in [6, 6.07) is 3.39. The van der Waals surface area contributed by atoms with E-state index >= 15 is 0 Å². The molecule has 2 unspecified atom stereocenters. The maximum atomic E-state index is 12.6. The van der Waals surface area contributed by atoms with Crippen molar-refractivity contribution in [3.8, 4) is 0 Å². The van der Waals surface area contributed by atoms with E-state index in [1.165, 1.54) is 0 Å². The molecule has 0 saturated heterocycles. The summed E-state index contributed by atoms with van der Waals surface area (Å²) in [4.78, 5) is 12.6. The van der Waals surface area contributed by atoms with Crippen LogP contribution >= 0.6 is 23.3 Å². The standard InChI is InChI=1S/C13H15ClN4OS/c1-13(6-2-3-9(13)15)12(19)16-10-7(14)4-5-8-11(10)18-20-17-8/h4-5,9H,2-3,6,15H2,1H3,(H,16,19). The van der Waals surface area contributed by atoms with Gasteiger partial charge in [-0.2, -0.15) is 8.75 Å². The first kappa shape index (κ1) is 13.7. The number of benzene rings is 1. The maximum absolute atomic E-state index is 12.6. The third kappa shape index (κ3) is 2.08. The first-order chi connectivity index (χ1) is 9.52. The van der Waals surface area contributed by atoms with Gasteiger partial charge in [-0.3, -0.25) is 4.79 Å². The average molecular weight is 311 g/mol. The lowest BCUT2D eigenvalue weighted by molar-refractivity contribution is -0.125. The van der Waals surface area contributed by atoms with Crippen LogP contribution in [0.2, 0.25) is 5.02 Å². The number of halogens is 1. The second-order valence-corrected chi connectivity index (χ2v) is 6.36. The number of nitrogens with zero attached hydrogens (tertiary/aromatic N) is 2. The predicted molar refractivity (Wildman–Crippen MR) is 81.0 cm³/mol. The highest BCUT2D eigenvalue weighted by molar-refractivity contribution is 7.00. The number of rotatable bonds is 2. The van der Waals surface area contributed by atoms with E-state index < -0.39 is 5.41 Å². The zero-order valence-electron chi connectivity index (χ0n) is 11.0. The number of hydrogen-bond donors (Lipinski definition) is 2. The molecule has 1 aliphatic carbocycles. The Kier molecular flexibility index (Phi) is 3.40. The summed E-state index contributed by atoms with van der Waals surface area (Å²) >= 11 is 7.28. The molecule has 0 spiro atoms. The first-order valence-electron chi connectivity index (χ1n) is 6.50. The van der Waals surface area contributed by atoms with Crippen LogP contribution in [0.25, 0.3) is 11.0 Å². The number of aromatic nitrogens is 2. The Morgan fingerprint density at radius 2 is 2.35 bits per heavy atom. The highest BCUT2D eigenvalue weighted by Gasteiger charge is 2.43. The van der Waals surface area contributed by atoms with Crippen LogP contribution in [-0.4, -0.2) is 20.7 Å². The largest absolute Gasteiger partial charge is 0.327 e. The Morgan fingerprint density at radius 1 is 1.55 bits per heavy atom. The van der Waals surface area contributed by atoms with Gasteiger partial charge in [0.1, 0.15) is 11.0 Å². The number of hydrogen-bond acceptors (Lipinski definition) is 5. The van der Waals surface area contributed by atoms with E-state index in [4.69, 9.17) is 17.3 Å². The van der Waals surface area contributed by atoms with Crippen molar-refractivity contribution in [1.82, 2.24) is 8.75 Å². The van der Waals surface area contributed by atoms with Gasteiger partial charge in [-0.15, -0.1) is 0 Å². The van der Waals surface area contributed by atoms with Crippen LogP contribution in [0.4, 0.5) is 5.69 Å². The normalized spacial score (nSPS) is 26.1. The van der Waals surface area contributed by atoms with Gasteiger partial charge in [-0.25, -0.2) is 0 Å². The van der Waals surface area contributed by atoms with Gasteiger partial charge >= 0.3 is 0 Å². The van der Waals surface area contributed by atoms with E-state index in [1.807, 2.05) is 6.92 Å². The second-order valence-electron chi connectivity index (χ2n) is 5.42. The molecule has 0 radical (unpaired) electrons. The Morgan fingerprint density at radius 3 is 3.05 bits per heavy atom. The average Bonchev–Trinajstić information content (AvgIpc) is 3.01. The molecule has 1 aliphatic rings. The minimum atomic E-state index is -0.547. The molecule has 3 N–H and O–H groups in total. The van der Waals surface area contributed by atoms with E-state index in [-0.39, 0.29) is 11.9 Å². The van der Waals surface area contributed by atoms with Gasteiger partial charge in [0.15, 0.2) is 0 Å². The van der Waals surface area contributed by atoms with Crippen LogP contribution in [0.1, 0.15) is 26.2 Å². The van der Waals surface area contributed by atoms with Crippen molar-refractivity contribution >= 4 is 46.0 Å². The van der Waals surface area contributed by atoms with Gasteiger partial charge in [0.25, 0.3) is 0 Å². The van der Waals surface area contributed by atoms with Gasteiger partial charge in [-0.05, 0) is 31.9 Å². The number of carbonyl (C=O) groups excluding carboxylic acids is 1. The van der Waals surface area contributed by atoms with E-state index in [1.54, 1.807) is 12.1 Å². The summed E-state index contributed by atoms with van der Waals surface area (Å²) in [6.07, 6.45) is 2.64. The van der Waals surface area contributed by atoms with E-state index in [9.17, 15) is 4.79 Å².